The van der Waals surface area contributed by atoms with Crippen molar-refractivity contribution in [3.63, 3.8) is 0 Å². The molecule has 2 atom stereocenters. The van der Waals surface area contributed by atoms with Gasteiger partial charge in [0, 0.05) is 31.2 Å². The van der Waals surface area contributed by atoms with E-state index in [1.54, 1.807) is 17.0 Å². The Balaban J connectivity index is 1.43. The van der Waals surface area contributed by atoms with Gasteiger partial charge in [0.25, 0.3) is 5.91 Å². The Labute approximate surface area is 170 Å². The second-order valence-electron chi connectivity index (χ2n) is 8.44. The van der Waals surface area contributed by atoms with Crippen LogP contribution in [-0.4, -0.2) is 75.0 Å². The van der Waals surface area contributed by atoms with E-state index in [1.807, 2.05) is 6.07 Å². The number of nitrogens with zero attached hydrogens (tertiary/aromatic N) is 2. The third-order valence-corrected chi connectivity index (χ3v) is 7.89. The molecule has 156 valence electrons. The maximum atomic E-state index is 13.2. The lowest BCUT2D eigenvalue weighted by molar-refractivity contribution is -0.117. The average Bonchev–Trinajstić information content (AvgIpc) is 3.35. The minimum atomic E-state index is -3.05. The quantitative estimate of drug-likeness (QED) is 0.779. The fourth-order valence-corrected chi connectivity index (χ4v) is 5.60. The Hall–Kier alpha value is -2.13. The molecule has 3 saturated heterocycles. The van der Waals surface area contributed by atoms with E-state index in [1.165, 1.54) is 0 Å². The summed E-state index contributed by atoms with van der Waals surface area (Å²) in [7, 11) is -3.05. The van der Waals surface area contributed by atoms with Gasteiger partial charge in [-0.2, -0.15) is 0 Å². The van der Waals surface area contributed by atoms with E-state index < -0.39 is 9.84 Å². The van der Waals surface area contributed by atoms with Crippen molar-refractivity contribution < 1.29 is 22.7 Å². The number of benzene rings is 1. The average molecular weight is 420 g/mol. The molecule has 0 spiro atoms. The molecule has 2 bridgehead atoms. The Kier molecular flexibility index (Phi) is 4.54. The SMILES string of the molecule is O=C(Nc1ccc(C(=O)N2CCS(=O)(=O)CC2)c(N2CC3CC2CO3)c1)C1CC1. The Morgan fingerprint density at radius 1 is 1.14 bits per heavy atom. The summed E-state index contributed by atoms with van der Waals surface area (Å²) in [5, 5.41) is 2.97. The molecule has 4 aliphatic rings. The number of sulfone groups is 1. The molecule has 2 amide bonds. The molecule has 9 heteroatoms. The summed E-state index contributed by atoms with van der Waals surface area (Å²) in [4.78, 5) is 29.2. The number of anilines is 2. The summed E-state index contributed by atoms with van der Waals surface area (Å²) in [6.45, 7) is 1.80. The molecule has 0 radical (unpaired) electrons. The zero-order valence-corrected chi connectivity index (χ0v) is 17.0. The van der Waals surface area contributed by atoms with E-state index in [4.69, 9.17) is 4.74 Å². The second-order valence-corrected chi connectivity index (χ2v) is 10.7. The molecule has 1 aliphatic carbocycles. The Bertz CT molecular complexity index is 945. The Morgan fingerprint density at radius 2 is 1.90 bits per heavy atom. The summed E-state index contributed by atoms with van der Waals surface area (Å²) in [6, 6.07) is 5.63. The molecule has 1 N–H and O–H groups in total. The highest BCUT2D eigenvalue weighted by Gasteiger charge is 2.41. The van der Waals surface area contributed by atoms with E-state index >= 15 is 0 Å². The largest absolute Gasteiger partial charge is 0.374 e. The third kappa shape index (κ3) is 3.73. The first-order valence-electron chi connectivity index (χ1n) is 10.2. The third-order valence-electron chi connectivity index (χ3n) is 6.29. The molecule has 4 fully saturated rings. The molecule has 1 aromatic carbocycles. The molecule has 0 aromatic heterocycles. The van der Waals surface area contributed by atoms with E-state index in [0.717, 1.165) is 31.5 Å². The minimum absolute atomic E-state index is 0.00581. The maximum absolute atomic E-state index is 13.2. The van der Waals surface area contributed by atoms with Crippen LogP contribution >= 0.6 is 0 Å². The molecule has 1 saturated carbocycles. The standard InChI is InChI=1S/C20H25N3O5S/c24-19(13-1-2-13)21-14-3-4-17(20(25)22-5-7-29(26,27)8-6-22)18(9-14)23-11-16-10-15(23)12-28-16/h3-4,9,13,15-16H,1-2,5-8,10-12H2,(H,21,24). The normalized spacial score (nSPS) is 27.9. The fraction of sp³-hybridized carbons (Fsp3) is 0.600. The van der Waals surface area contributed by atoms with Gasteiger partial charge in [0.05, 0.1) is 41.5 Å². The van der Waals surface area contributed by atoms with E-state index in [9.17, 15) is 18.0 Å². The highest BCUT2D eigenvalue weighted by Crippen LogP contribution is 2.37. The van der Waals surface area contributed by atoms with Crippen molar-refractivity contribution in [2.75, 3.05) is 48.0 Å². The summed E-state index contributed by atoms with van der Waals surface area (Å²) in [5.74, 6) is -0.00925. The van der Waals surface area contributed by atoms with Crippen LogP contribution in [0.15, 0.2) is 18.2 Å². The molecule has 5 rings (SSSR count). The monoisotopic (exact) mass is 419 g/mol. The van der Waals surface area contributed by atoms with Crippen LogP contribution in [0.2, 0.25) is 0 Å². The van der Waals surface area contributed by atoms with Crippen molar-refractivity contribution in [2.24, 2.45) is 5.92 Å². The van der Waals surface area contributed by atoms with Gasteiger partial charge in [0.15, 0.2) is 9.84 Å². The van der Waals surface area contributed by atoms with Crippen LogP contribution in [0.1, 0.15) is 29.6 Å². The zero-order valence-electron chi connectivity index (χ0n) is 16.2. The topological polar surface area (TPSA) is 96.0 Å². The lowest BCUT2D eigenvalue weighted by Crippen LogP contribution is -2.45. The van der Waals surface area contributed by atoms with Crippen molar-refractivity contribution in [1.29, 1.82) is 0 Å². The molecule has 8 nitrogen and oxygen atoms in total. The van der Waals surface area contributed by atoms with E-state index in [2.05, 4.69) is 10.2 Å². The first-order valence-corrected chi connectivity index (χ1v) is 12.0. The highest BCUT2D eigenvalue weighted by molar-refractivity contribution is 7.91. The zero-order chi connectivity index (χ0) is 20.2. The van der Waals surface area contributed by atoms with E-state index in [0.29, 0.717) is 17.9 Å². The summed E-state index contributed by atoms with van der Waals surface area (Å²) < 4.78 is 29.2. The van der Waals surface area contributed by atoms with Crippen molar-refractivity contribution in [1.82, 2.24) is 4.90 Å². The van der Waals surface area contributed by atoms with E-state index in [-0.39, 0.29) is 54.5 Å². The maximum Gasteiger partial charge on any atom is 0.256 e. The van der Waals surface area contributed by atoms with Gasteiger partial charge in [-0.15, -0.1) is 0 Å². The number of carbonyl (C=O) groups is 2. The first-order chi connectivity index (χ1) is 13.9. The smallest absolute Gasteiger partial charge is 0.256 e. The number of carbonyl (C=O) groups excluding carboxylic acids is 2. The van der Waals surface area contributed by atoms with Crippen LogP contribution in [0.4, 0.5) is 11.4 Å². The number of hydrogen-bond donors (Lipinski definition) is 1. The molecule has 29 heavy (non-hydrogen) atoms. The summed E-state index contributed by atoms with van der Waals surface area (Å²) in [5.41, 5.74) is 2.05. The number of nitrogens with one attached hydrogen (secondary N) is 1. The van der Waals surface area contributed by atoms with Crippen LogP contribution in [0, 0.1) is 5.92 Å². The lowest BCUT2D eigenvalue weighted by atomic mass is 10.1. The van der Waals surface area contributed by atoms with Gasteiger partial charge in [0.1, 0.15) is 0 Å². The van der Waals surface area contributed by atoms with Crippen molar-refractivity contribution in [3.8, 4) is 0 Å². The number of ether oxygens (including phenoxy) is 1. The van der Waals surface area contributed by atoms with Gasteiger partial charge in [-0.3, -0.25) is 9.59 Å². The van der Waals surface area contributed by atoms with Gasteiger partial charge in [-0.05, 0) is 37.5 Å². The number of morpholine rings is 1. The van der Waals surface area contributed by atoms with Crippen molar-refractivity contribution in [3.05, 3.63) is 23.8 Å². The number of amides is 2. The van der Waals surface area contributed by atoms with Crippen LogP contribution < -0.4 is 10.2 Å². The summed E-state index contributed by atoms with van der Waals surface area (Å²) in [6.07, 6.45) is 2.97. The van der Waals surface area contributed by atoms with Gasteiger partial charge in [-0.1, -0.05) is 0 Å². The number of fused-ring (bicyclic) bond motifs is 2. The highest BCUT2D eigenvalue weighted by atomic mass is 32.2. The predicted molar refractivity (Wildman–Crippen MR) is 108 cm³/mol. The first kappa shape index (κ1) is 18.9. The van der Waals surface area contributed by atoms with Crippen LogP contribution in [0.5, 0.6) is 0 Å². The van der Waals surface area contributed by atoms with Gasteiger partial charge >= 0.3 is 0 Å². The molecular formula is C20H25N3O5S. The minimum Gasteiger partial charge on any atom is -0.374 e. The Morgan fingerprint density at radius 3 is 2.52 bits per heavy atom. The van der Waals surface area contributed by atoms with Gasteiger partial charge < -0.3 is 19.9 Å². The molecule has 2 unspecified atom stereocenters. The lowest BCUT2D eigenvalue weighted by Gasteiger charge is -2.33. The van der Waals surface area contributed by atoms with Crippen LogP contribution in [0.25, 0.3) is 0 Å². The molecular weight excluding hydrogens is 394 g/mol. The molecule has 1 aromatic rings. The number of hydrogen-bond acceptors (Lipinski definition) is 6. The second kappa shape index (κ2) is 6.98. The van der Waals surface area contributed by atoms with Gasteiger partial charge in [0.2, 0.25) is 5.91 Å². The fourth-order valence-electron chi connectivity index (χ4n) is 4.40. The molecule has 3 aliphatic heterocycles. The number of rotatable bonds is 4. The summed E-state index contributed by atoms with van der Waals surface area (Å²) >= 11 is 0. The van der Waals surface area contributed by atoms with Crippen LogP contribution in [0.3, 0.4) is 0 Å². The van der Waals surface area contributed by atoms with Crippen LogP contribution in [-0.2, 0) is 19.4 Å². The van der Waals surface area contributed by atoms with Crippen molar-refractivity contribution >= 4 is 33.0 Å². The predicted octanol–water partition coefficient (Wildman–Crippen LogP) is 0.883. The molecule has 3 heterocycles. The van der Waals surface area contributed by atoms with Crippen molar-refractivity contribution in [2.45, 2.75) is 31.4 Å². The van der Waals surface area contributed by atoms with Gasteiger partial charge in [-0.25, -0.2) is 8.42 Å².